The second-order valence-corrected chi connectivity index (χ2v) is 4.56. The molecule has 2 fully saturated rings. The summed E-state index contributed by atoms with van der Waals surface area (Å²) in [7, 11) is 0. The van der Waals surface area contributed by atoms with Crippen LogP contribution in [0.5, 0.6) is 0 Å². The first-order valence-electron chi connectivity index (χ1n) is 5.54. The summed E-state index contributed by atoms with van der Waals surface area (Å²) in [6.45, 7) is 0. The van der Waals surface area contributed by atoms with Gasteiger partial charge in [0.15, 0.2) is 0 Å². The van der Waals surface area contributed by atoms with Crippen LogP contribution in [0.3, 0.4) is 0 Å². The average molecular weight is 202 g/mol. The fraction of sp³-hybridized carbons (Fsp3) is 0.500. The summed E-state index contributed by atoms with van der Waals surface area (Å²) in [5, 5.41) is 3.14. The van der Waals surface area contributed by atoms with Gasteiger partial charge in [-0.15, -0.1) is 0 Å². The first-order chi connectivity index (χ1) is 7.30. The minimum atomic E-state index is -0.124. The molecule has 0 unspecified atom stereocenters. The Hall–Kier alpha value is -1.38. The number of amides is 1. The van der Waals surface area contributed by atoms with E-state index >= 15 is 0 Å². The van der Waals surface area contributed by atoms with Crippen molar-refractivity contribution in [3.8, 4) is 0 Å². The van der Waals surface area contributed by atoms with E-state index in [0.717, 1.165) is 31.4 Å². The smallest absolute Gasteiger partial charge is 0.223 e. The highest BCUT2D eigenvalue weighted by atomic mass is 16.2. The maximum atomic E-state index is 11.7. The van der Waals surface area contributed by atoms with E-state index in [9.17, 15) is 4.79 Å². The van der Waals surface area contributed by atoms with Gasteiger partial charge in [0.2, 0.25) is 5.91 Å². The highest BCUT2D eigenvalue weighted by Crippen LogP contribution is 2.45. The Kier molecular flexibility index (Phi) is 1.81. The van der Waals surface area contributed by atoms with Gasteiger partial charge >= 0.3 is 0 Å². The van der Waals surface area contributed by atoms with Gasteiger partial charge in [-0.2, -0.15) is 0 Å². The lowest BCUT2D eigenvalue weighted by Crippen LogP contribution is -2.36. The van der Waals surface area contributed by atoms with E-state index in [1.807, 2.05) is 18.2 Å². The molecule has 3 nitrogen and oxygen atoms in total. The highest BCUT2D eigenvalue weighted by Gasteiger charge is 2.48. The Labute approximate surface area is 88.9 Å². The molecular formula is C12H14N2O. The molecule has 0 saturated heterocycles. The van der Waals surface area contributed by atoms with Crippen molar-refractivity contribution in [3.05, 3.63) is 30.1 Å². The molecule has 78 valence electrons. The molecule has 0 atom stereocenters. The predicted octanol–water partition coefficient (Wildman–Crippen LogP) is 1.60. The third kappa shape index (κ3) is 1.62. The van der Waals surface area contributed by atoms with Crippen LogP contribution < -0.4 is 5.32 Å². The molecule has 1 heterocycles. The van der Waals surface area contributed by atoms with E-state index in [0.29, 0.717) is 0 Å². The van der Waals surface area contributed by atoms with Crippen LogP contribution in [0.25, 0.3) is 0 Å². The molecule has 0 bridgehead atoms. The zero-order valence-corrected chi connectivity index (χ0v) is 8.57. The lowest BCUT2D eigenvalue weighted by molar-refractivity contribution is -0.123. The summed E-state index contributed by atoms with van der Waals surface area (Å²) in [6, 6.07) is 5.88. The molecule has 2 aliphatic rings. The zero-order chi connectivity index (χ0) is 10.3. The molecule has 0 radical (unpaired) electrons. The number of carbonyl (C=O) groups is 1. The Balaban J connectivity index is 1.76. The van der Waals surface area contributed by atoms with E-state index in [1.54, 1.807) is 6.20 Å². The zero-order valence-electron chi connectivity index (χ0n) is 8.57. The maximum Gasteiger partial charge on any atom is 0.223 e. The normalized spacial score (nSPS) is 22.1. The average Bonchev–Trinajstić information content (AvgIpc) is 3.14. The summed E-state index contributed by atoms with van der Waals surface area (Å²) in [5.74, 6) is 0.504. The van der Waals surface area contributed by atoms with Crippen LogP contribution in [0.4, 0.5) is 0 Å². The van der Waals surface area contributed by atoms with Crippen molar-refractivity contribution < 1.29 is 4.79 Å². The highest BCUT2D eigenvalue weighted by molar-refractivity contribution is 5.82. The van der Waals surface area contributed by atoms with Gasteiger partial charge in [0.25, 0.3) is 0 Å². The molecule has 2 saturated carbocycles. The van der Waals surface area contributed by atoms with Crippen LogP contribution in [-0.4, -0.2) is 10.9 Å². The summed E-state index contributed by atoms with van der Waals surface area (Å²) in [5.41, 5.74) is 0.889. The lowest BCUT2D eigenvalue weighted by atomic mass is 10.1. The summed E-state index contributed by atoms with van der Waals surface area (Å²) >= 11 is 0. The first-order valence-corrected chi connectivity index (χ1v) is 5.54. The Morgan fingerprint density at radius 3 is 2.73 bits per heavy atom. The van der Waals surface area contributed by atoms with E-state index in [2.05, 4.69) is 10.3 Å². The minimum absolute atomic E-state index is 0.124. The minimum Gasteiger partial charge on any atom is -0.345 e. The molecule has 0 aliphatic heterocycles. The molecular weight excluding hydrogens is 188 g/mol. The van der Waals surface area contributed by atoms with Crippen LogP contribution in [0.15, 0.2) is 24.4 Å². The number of nitrogens with zero attached hydrogens (tertiary/aromatic N) is 1. The van der Waals surface area contributed by atoms with E-state index in [1.165, 1.54) is 0 Å². The number of carbonyl (C=O) groups excluding carboxylic acids is 1. The van der Waals surface area contributed by atoms with Crippen molar-refractivity contribution in [3.63, 3.8) is 0 Å². The number of hydrogen-bond donors (Lipinski definition) is 1. The van der Waals surface area contributed by atoms with Gasteiger partial charge in [-0.25, -0.2) is 0 Å². The maximum absolute atomic E-state index is 11.7. The topological polar surface area (TPSA) is 42.0 Å². The van der Waals surface area contributed by atoms with Crippen molar-refractivity contribution in [2.75, 3.05) is 0 Å². The number of pyridine rings is 1. The lowest BCUT2D eigenvalue weighted by Gasteiger charge is -2.16. The largest absolute Gasteiger partial charge is 0.345 e. The van der Waals surface area contributed by atoms with Crippen LogP contribution in [-0.2, 0) is 10.3 Å². The second kappa shape index (κ2) is 3.05. The van der Waals surface area contributed by atoms with E-state index in [-0.39, 0.29) is 17.4 Å². The standard InChI is InChI=1S/C12H14N2O/c15-11(9-4-5-9)14-12(6-7-12)10-3-1-2-8-13-10/h1-3,8-9H,4-7H2,(H,14,15). The predicted molar refractivity (Wildman–Crippen MR) is 56.0 cm³/mol. The molecule has 1 aromatic rings. The van der Waals surface area contributed by atoms with Crippen LogP contribution in [0.2, 0.25) is 0 Å². The van der Waals surface area contributed by atoms with Gasteiger partial charge < -0.3 is 5.32 Å². The third-order valence-electron chi connectivity index (χ3n) is 3.22. The molecule has 1 amide bonds. The molecule has 0 spiro atoms. The molecule has 1 N–H and O–H groups in total. The van der Waals surface area contributed by atoms with Crippen molar-refractivity contribution in [2.24, 2.45) is 5.92 Å². The molecule has 0 aromatic carbocycles. The summed E-state index contributed by atoms with van der Waals surface area (Å²) in [4.78, 5) is 16.0. The number of aromatic nitrogens is 1. The van der Waals surface area contributed by atoms with Gasteiger partial charge in [-0.05, 0) is 37.8 Å². The van der Waals surface area contributed by atoms with Gasteiger partial charge in [0.05, 0.1) is 11.2 Å². The molecule has 15 heavy (non-hydrogen) atoms. The third-order valence-corrected chi connectivity index (χ3v) is 3.22. The Morgan fingerprint density at radius 2 is 2.20 bits per heavy atom. The van der Waals surface area contributed by atoms with Crippen molar-refractivity contribution in [2.45, 2.75) is 31.2 Å². The Morgan fingerprint density at radius 1 is 1.40 bits per heavy atom. The number of hydrogen-bond acceptors (Lipinski definition) is 2. The molecule has 2 aliphatic carbocycles. The van der Waals surface area contributed by atoms with Crippen LogP contribution >= 0.6 is 0 Å². The van der Waals surface area contributed by atoms with E-state index in [4.69, 9.17) is 0 Å². The monoisotopic (exact) mass is 202 g/mol. The Bertz CT molecular complexity index is 380. The van der Waals surface area contributed by atoms with Crippen molar-refractivity contribution in [1.82, 2.24) is 10.3 Å². The quantitative estimate of drug-likeness (QED) is 0.808. The molecule has 1 aromatic heterocycles. The SMILES string of the molecule is O=C(NC1(c2ccccn2)CC1)C1CC1. The number of nitrogens with one attached hydrogen (secondary N) is 1. The molecule has 3 heteroatoms. The fourth-order valence-corrected chi connectivity index (χ4v) is 1.90. The summed E-state index contributed by atoms with van der Waals surface area (Å²) < 4.78 is 0. The van der Waals surface area contributed by atoms with Crippen LogP contribution in [0.1, 0.15) is 31.4 Å². The van der Waals surface area contributed by atoms with Gasteiger partial charge in [0, 0.05) is 12.1 Å². The summed E-state index contributed by atoms with van der Waals surface area (Å²) in [6.07, 6.45) is 5.97. The fourth-order valence-electron chi connectivity index (χ4n) is 1.90. The van der Waals surface area contributed by atoms with Crippen molar-refractivity contribution in [1.29, 1.82) is 0 Å². The van der Waals surface area contributed by atoms with Crippen LogP contribution in [0, 0.1) is 5.92 Å². The van der Waals surface area contributed by atoms with Gasteiger partial charge in [-0.3, -0.25) is 9.78 Å². The number of rotatable bonds is 3. The first kappa shape index (κ1) is 8.89. The second-order valence-electron chi connectivity index (χ2n) is 4.56. The van der Waals surface area contributed by atoms with Gasteiger partial charge in [-0.1, -0.05) is 6.07 Å². The molecule has 3 rings (SSSR count). The van der Waals surface area contributed by atoms with Gasteiger partial charge in [0.1, 0.15) is 0 Å². The van der Waals surface area contributed by atoms with E-state index < -0.39 is 0 Å². The van der Waals surface area contributed by atoms with Crippen molar-refractivity contribution >= 4 is 5.91 Å².